The van der Waals surface area contributed by atoms with Crippen LogP contribution < -0.4 is 10.1 Å². The minimum atomic E-state index is 0.716. The van der Waals surface area contributed by atoms with Gasteiger partial charge in [0.1, 0.15) is 5.75 Å². The van der Waals surface area contributed by atoms with Gasteiger partial charge in [-0.05, 0) is 43.9 Å². The quantitative estimate of drug-likeness (QED) is 0.704. The van der Waals surface area contributed by atoms with E-state index in [0.717, 1.165) is 42.8 Å². The average molecular weight is 328 g/mol. The summed E-state index contributed by atoms with van der Waals surface area (Å²) in [6, 6.07) is 6.93. The highest BCUT2D eigenvalue weighted by atomic mass is 79.9. The zero-order valence-electron chi connectivity index (χ0n) is 11.5. The second-order valence-electron chi connectivity index (χ2n) is 4.96. The predicted molar refractivity (Wildman–Crippen MR) is 80.6 cm³/mol. The van der Waals surface area contributed by atoms with Gasteiger partial charge in [0.15, 0.2) is 0 Å². The maximum Gasteiger partial charge on any atom is 0.123 e. The smallest absolute Gasteiger partial charge is 0.123 e. The fraction of sp³-hybridized carbons (Fsp3) is 0.600. The van der Waals surface area contributed by atoms with Gasteiger partial charge < -0.3 is 14.8 Å². The number of benzene rings is 1. The number of methoxy groups -OCH3 is 1. The molecule has 0 unspecified atom stereocenters. The normalized spacial score (nSPS) is 14.6. The molecule has 19 heavy (non-hydrogen) atoms. The molecule has 0 heterocycles. The third kappa shape index (κ3) is 5.51. The van der Waals surface area contributed by atoms with Crippen LogP contribution in [0, 0.1) is 0 Å². The first kappa shape index (κ1) is 14.8. The summed E-state index contributed by atoms with van der Waals surface area (Å²) >= 11 is 3.52. The summed E-state index contributed by atoms with van der Waals surface area (Å²) in [7, 11) is 1.73. The lowest BCUT2D eigenvalue weighted by Crippen LogP contribution is -2.16. The number of unbranched alkanes of at least 4 members (excludes halogenated alkanes) is 1. The molecule has 0 atom stereocenters. The highest BCUT2D eigenvalue weighted by Crippen LogP contribution is 2.25. The van der Waals surface area contributed by atoms with Crippen LogP contribution >= 0.6 is 15.9 Å². The molecule has 1 aliphatic carbocycles. The maximum atomic E-state index is 5.88. The van der Waals surface area contributed by atoms with Crippen molar-refractivity contribution < 1.29 is 9.47 Å². The van der Waals surface area contributed by atoms with Crippen LogP contribution in [0.1, 0.15) is 31.2 Å². The number of halogens is 1. The van der Waals surface area contributed by atoms with Crippen LogP contribution in [-0.2, 0) is 11.3 Å². The molecule has 0 radical (unpaired) electrons. The molecular formula is C15H22BrNO2. The fourth-order valence-corrected chi connectivity index (χ4v) is 2.31. The summed E-state index contributed by atoms with van der Waals surface area (Å²) in [6.45, 7) is 2.44. The average Bonchev–Trinajstić information content (AvgIpc) is 3.22. The van der Waals surface area contributed by atoms with E-state index in [4.69, 9.17) is 9.47 Å². The van der Waals surface area contributed by atoms with E-state index in [9.17, 15) is 0 Å². The number of hydrogen-bond acceptors (Lipinski definition) is 3. The van der Waals surface area contributed by atoms with E-state index in [1.807, 2.05) is 12.1 Å². The van der Waals surface area contributed by atoms with Crippen molar-refractivity contribution in [1.29, 1.82) is 0 Å². The molecule has 0 saturated heterocycles. The van der Waals surface area contributed by atoms with E-state index in [1.165, 1.54) is 18.4 Å². The largest absolute Gasteiger partial charge is 0.493 e. The van der Waals surface area contributed by atoms with Gasteiger partial charge in [0.2, 0.25) is 0 Å². The van der Waals surface area contributed by atoms with Gasteiger partial charge in [-0.25, -0.2) is 0 Å². The van der Waals surface area contributed by atoms with Crippen molar-refractivity contribution in [2.45, 2.75) is 38.3 Å². The standard InChI is InChI=1S/C15H22BrNO2/c1-18-8-2-3-9-19-15-7-4-13(16)10-12(15)11-17-14-5-6-14/h4,7,10,14,17H,2-3,5-6,8-9,11H2,1H3. The van der Waals surface area contributed by atoms with Gasteiger partial charge in [-0.2, -0.15) is 0 Å². The summed E-state index contributed by atoms with van der Waals surface area (Å²) in [5.41, 5.74) is 1.23. The van der Waals surface area contributed by atoms with E-state index in [2.05, 4.69) is 27.3 Å². The van der Waals surface area contributed by atoms with Crippen LogP contribution in [0.5, 0.6) is 5.75 Å². The van der Waals surface area contributed by atoms with Crippen LogP contribution in [0.3, 0.4) is 0 Å². The summed E-state index contributed by atoms with van der Waals surface area (Å²) < 4.78 is 12.0. The summed E-state index contributed by atoms with van der Waals surface area (Å²) in [6.07, 6.45) is 4.69. The molecule has 2 rings (SSSR count). The van der Waals surface area contributed by atoms with Crippen LogP contribution in [0.2, 0.25) is 0 Å². The zero-order chi connectivity index (χ0) is 13.5. The molecule has 3 nitrogen and oxygen atoms in total. The zero-order valence-corrected chi connectivity index (χ0v) is 13.0. The van der Waals surface area contributed by atoms with E-state index in [1.54, 1.807) is 7.11 Å². The molecule has 1 aromatic rings. The maximum absolute atomic E-state index is 5.88. The Labute approximate surface area is 123 Å². The van der Waals surface area contributed by atoms with Gasteiger partial charge in [0, 0.05) is 36.3 Å². The van der Waals surface area contributed by atoms with E-state index in [0.29, 0.717) is 6.04 Å². The van der Waals surface area contributed by atoms with Crippen LogP contribution in [0.15, 0.2) is 22.7 Å². The third-order valence-electron chi connectivity index (χ3n) is 3.18. The van der Waals surface area contributed by atoms with Gasteiger partial charge in [-0.15, -0.1) is 0 Å². The highest BCUT2D eigenvalue weighted by molar-refractivity contribution is 9.10. The fourth-order valence-electron chi connectivity index (χ4n) is 1.90. The van der Waals surface area contributed by atoms with Gasteiger partial charge >= 0.3 is 0 Å². The van der Waals surface area contributed by atoms with Crippen LogP contribution in [0.4, 0.5) is 0 Å². The predicted octanol–water partition coefficient (Wildman–Crippen LogP) is 3.51. The van der Waals surface area contributed by atoms with Crippen molar-refractivity contribution in [3.05, 3.63) is 28.2 Å². The second-order valence-corrected chi connectivity index (χ2v) is 5.87. The first-order chi connectivity index (χ1) is 9.29. The monoisotopic (exact) mass is 327 g/mol. The molecule has 4 heteroatoms. The minimum absolute atomic E-state index is 0.716. The van der Waals surface area contributed by atoms with Crippen molar-refractivity contribution in [2.75, 3.05) is 20.3 Å². The Balaban J connectivity index is 1.82. The van der Waals surface area contributed by atoms with Crippen molar-refractivity contribution in [1.82, 2.24) is 5.32 Å². The first-order valence-corrected chi connectivity index (χ1v) is 7.72. The topological polar surface area (TPSA) is 30.5 Å². The third-order valence-corrected chi connectivity index (χ3v) is 3.67. The molecule has 1 saturated carbocycles. The number of nitrogens with one attached hydrogen (secondary N) is 1. The molecule has 0 amide bonds. The Morgan fingerprint density at radius 1 is 1.26 bits per heavy atom. The molecule has 1 aromatic carbocycles. The molecule has 1 fully saturated rings. The molecule has 1 aliphatic rings. The Morgan fingerprint density at radius 3 is 2.79 bits per heavy atom. The molecule has 0 aromatic heterocycles. The molecule has 0 spiro atoms. The Bertz CT molecular complexity index is 394. The molecule has 1 N–H and O–H groups in total. The second kappa shape index (κ2) is 7.88. The number of rotatable bonds is 9. The van der Waals surface area contributed by atoms with Crippen molar-refractivity contribution in [3.8, 4) is 5.75 Å². The summed E-state index contributed by atoms with van der Waals surface area (Å²) in [5.74, 6) is 0.994. The highest BCUT2D eigenvalue weighted by Gasteiger charge is 2.20. The van der Waals surface area contributed by atoms with E-state index >= 15 is 0 Å². The van der Waals surface area contributed by atoms with Crippen molar-refractivity contribution >= 4 is 15.9 Å². The molecular weight excluding hydrogens is 306 g/mol. The lowest BCUT2D eigenvalue weighted by molar-refractivity contribution is 0.184. The van der Waals surface area contributed by atoms with E-state index < -0.39 is 0 Å². The summed E-state index contributed by atoms with van der Waals surface area (Å²) in [5, 5.41) is 3.53. The Kier molecular flexibility index (Phi) is 6.14. The SMILES string of the molecule is COCCCCOc1ccc(Br)cc1CNC1CC1. The van der Waals surface area contributed by atoms with Gasteiger partial charge in [0.05, 0.1) is 6.61 Å². The summed E-state index contributed by atoms with van der Waals surface area (Å²) in [4.78, 5) is 0. The number of hydrogen-bond donors (Lipinski definition) is 1. The first-order valence-electron chi connectivity index (χ1n) is 6.93. The van der Waals surface area contributed by atoms with Gasteiger partial charge in [-0.3, -0.25) is 0 Å². The van der Waals surface area contributed by atoms with Crippen LogP contribution in [0.25, 0.3) is 0 Å². The Hall–Kier alpha value is -0.580. The Morgan fingerprint density at radius 2 is 2.05 bits per heavy atom. The molecule has 106 valence electrons. The van der Waals surface area contributed by atoms with E-state index in [-0.39, 0.29) is 0 Å². The van der Waals surface area contributed by atoms with Crippen molar-refractivity contribution in [2.24, 2.45) is 0 Å². The molecule has 0 bridgehead atoms. The molecule has 0 aliphatic heterocycles. The minimum Gasteiger partial charge on any atom is -0.493 e. The van der Waals surface area contributed by atoms with Gasteiger partial charge in [0.25, 0.3) is 0 Å². The number of ether oxygens (including phenoxy) is 2. The lowest BCUT2D eigenvalue weighted by Gasteiger charge is -2.12. The lowest BCUT2D eigenvalue weighted by atomic mass is 10.2. The van der Waals surface area contributed by atoms with Gasteiger partial charge in [-0.1, -0.05) is 15.9 Å². The van der Waals surface area contributed by atoms with Crippen LogP contribution in [-0.4, -0.2) is 26.4 Å². The van der Waals surface area contributed by atoms with Crippen molar-refractivity contribution in [3.63, 3.8) is 0 Å².